The van der Waals surface area contributed by atoms with E-state index in [1.54, 1.807) is 18.2 Å². The van der Waals surface area contributed by atoms with Gasteiger partial charge in [0.1, 0.15) is 11.5 Å². The predicted octanol–water partition coefficient (Wildman–Crippen LogP) is 2.60. The van der Waals surface area contributed by atoms with E-state index < -0.39 is 5.92 Å². The van der Waals surface area contributed by atoms with Gasteiger partial charge in [-0.25, -0.2) is 5.43 Å². The van der Waals surface area contributed by atoms with Crippen LogP contribution in [0.1, 0.15) is 18.9 Å². The minimum absolute atomic E-state index is 0.0823. The van der Waals surface area contributed by atoms with Crippen LogP contribution in [-0.2, 0) is 9.59 Å². The van der Waals surface area contributed by atoms with Gasteiger partial charge in [-0.05, 0) is 48.9 Å². The number of benzene rings is 2. The van der Waals surface area contributed by atoms with E-state index in [2.05, 4.69) is 10.5 Å². The maximum atomic E-state index is 12.4. The number of rotatable bonds is 7. The van der Waals surface area contributed by atoms with Crippen LogP contribution >= 0.6 is 0 Å². The molecule has 1 aliphatic rings. The van der Waals surface area contributed by atoms with Crippen molar-refractivity contribution in [3.63, 3.8) is 0 Å². The van der Waals surface area contributed by atoms with E-state index >= 15 is 0 Å². The second kappa shape index (κ2) is 9.03. The summed E-state index contributed by atoms with van der Waals surface area (Å²) in [7, 11) is 1.59. The minimum Gasteiger partial charge on any atom is -0.497 e. The molecule has 3 rings (SSSR count). The van der Waals surface area contributed by atoms with Crippen LogP contribution < -0.4 is 19.8 Å². The van der Waals surface area contributed by atoms with E-state index in [1.165, 1.54) is 0 Å². The summed E-state index contributed by atoms with van der Waals surface area (Å²) >= 11 is 0. The Morgan fingerprint density at radius 1 is 1.25 bits per heavy atom. The lowest BCUT2D eigenvalue weighted by Gasteiger charge is -2.17. The molecule has 2 aromatic carbocycles. The van der Waals surface area contributed by atoms with E-state index in [0.29, 0.717) is 18.9 Å². The summed E-state index contributed by atoms with van der Waals surface area (Å²) in [6.45, 7) is 2.83. The molecule has 0 radical (unpaired) electrons. The predicted molar refractivity (Wildman–Crippen MR) is 107 cm³/mol. The lowest BCUT2D eigenvalue weighted by atomic mass is 10.1. The van der Waals surface area contributed by atoms with Crippen LogP contribution in [0.5, 0.6) is 11.5 Å². The SMILES string of the molecule is CCOc1ccc(N2C[C@@H](C(=O)N/N=C\c3cccc(OC)c3)CC2=O)cc1. The van der Waals surface area contributed by atoms with Crippen LogP contribution in [0.4, 0.5) is 5.69 Å². The maximum absolute atomic E-state index is 12.4. The molecular weight excluding hydrogens is 358 g/mol. The number of carbonyl (C=O) groups is 2. The first-order valence-electron chi connectivity index (χ1n) is 9.11. The van der Waals surface area contributed by atoms with Gasteiger partial charge in [-0.3, -0.25) is 9.59 Å². The van der Waals surface area contributed by atoms with Crippen LogP contribution in [-0.4, -0.2) is 38.3 Å². The van der Waals surface area contributed by atoms with Gasteiger partial charge in [-0.1, -0.05) is 12.1 Å². The Kier molecular flexibility index (Phi) is 6.26. The number of nitrogens with zero attached hydrogens (tertiary/aromatic N) is 2. The second-order valence-electron chi connectivity index (χ2n) is 6.34. The van der Waals surface area contributed by atoms with E-state index in [-0.39, 0.29) is 18.2 Å². The fraction of sp³-hybridized carbons (Fsp3) is 0.286. The lowest BCUT2D eigenvalue weighted by Crippen LogP contribution is -2.30. The molecule has 2 aromatic rings. The Hall–Kier alpha value is -3.35. The Balaban J connectivity index is 1.57. The summed E-state index contributed by atoms with van der Waals surface area (Å²) in [5.74, 6) is 0.658. The molecule has 0 unspecified atom stereocenters. The number of amides is 2. The van der Waals surface area contributed by atoms with Crippen molar-refractivity contribution in [1.29, 1.82) is 0 Å². The van der Waals surface area contributed by atoms with Gasteiger partial charge in [0.2, 0.25) is 11.8 Å². The topological polar surface area (TPSA) is 80.2 Å². The molecule has 1 heterocycles. The Morgan fingerprint density at radius 3 is 2.75 bits per heavy atom. The van der Waals surface area contributed by atoms with Crippen LogP contribution in [0, 0.1) is 5.92 Å². The van der Waals surface area contributed by atoms with Gasteiger partial charge >= 0.3 is 0 Å². The van der Waals surface area contributed by atoms with Gasteiger partial charge in [0.05, 0.1) is 25.8 Å². The molecule has 7 nitrogen and oxygen atoms in total. The van der Waals surface area contributed by atoms with E-state index in [1.807, 2.05) is 55.5 Å². The van der Waals surface area contributed by atoms with Crippen molar-refractivity contribution >= 4 is 23.7 Å². The van der Waals surface area contributed by atoms with Gasteiger partial charge in [0, 0.05) is 18.7 Å². The Labute approximate surface area is 163 Å². The third-order valence-electron chi connectivity index (χ3n) is 4.44. The molecule has 1 saturated heterocycles. The third-order valence-corrected chi connectivity index (χ3v) is 4.44. The van der Waals surface area contributed by atoms with Crippen LogP contribution in [0.2, 0.25) is 0 Å². The molecule has 1 N–H and O–H groups in total. The zero-order chi connectivity index (χ0) is 19.9. The van der Waals surface area contributed by atoms with Gasteiger partial charge in [-0.2, -0.15) is 5.10 Å². The largest absolute Gasteiger partial charge is 0.497 e. The van der Waals surface area contributed by atoms with Crippen molar-refractivity contribution in [2.75, 3.05) is 25.2 Å². The fourth-order valence-electron chi connectivity index (χ4n) is 3.01. The number of hydrazone groups is 1. The van der Waals surface area contributed by atoms with Crippen molar-refractivity contribution in [3.8, 4) is 11.5 Å². The molecule has 0 aliphatic carbocycles. The highest BCUT2D eigenvalue weighted by Crippen LogP contribution is 2.27. The van der Waals surface area contributed by atoms with Crippen molar-refractivity contribution in [3.05, 3.63) is 54.1 Å². The molecule has 1 atom stereocenters. The first-order chi connectivity index (χ1) is 13.6. The van der Waals surface area contributed by atoms with E-state index in [4.69, 9.17) is 9.47 Å². The minimum atomic E-state index is -0.443. The molecule has 1 fully saturated rings. The fourth-order valence-corrected chi connectivity index (χ4v) is 3.01. The van der Waals surface area contributed by atoms with Gasteiger partial charge in [-0.15, -0.1) is 0 Å². The Morgan fingerprint density at radius 2 is 2.04 bits per heavy atom. The van der Waals surface area contributed by atoms with E-state index in [9.17, 15) is 9.59 Å². The van der Waals surface area contributed by atoms with Crippen molar-refractivity contribution in [1.82, 2.24) is 5.43 Å². The molecule has 0 saturated carbocycles. The molecular formula is C21H23N3O4. The average Bonchev–Trinajstić information content (AvgIpc) is 3.11. The summed E-state index contributed by atoms with van der Waals surface area (Å²) in [6.07, 6.45) is 1.70. The molecule has 0 aromatic heterocycles. The van der Waals surface area contributed by atoms with Crippen LogP contribution in [0.25, 0.3) is 0 Å². The smallest absolute Gasteiger partial charge is 0.245 e. The quantitative estimate of drug-likeness (QED) is 0.591. The standard InChI is InChI=1S/C21H23N3O4/c1-3-28-18-9-7-17(8-10-18)24-14-16(12-20(24)25)21(26)23-22-13-15-5-4-6-19(11-15)27-2/h4-11,13,16H,3,12,14H2,1-2H3,(H,23,26)/b22-13-/t16-/m0/s1. The summed E-state index contributed by atoms with van der Waals surface area (Å²) in [6, 6.07) is 14.6. The normalized spacial score (nSPS) is 16.4. The lowest BCUT2D eigenvalue weighted by molar-refractivity contribution is -0.126. The highest BCUT2D eigenvalue weighted by Gasteiger charge is 2.35. The summed E-state index contributed by atoms with van der Waals surface area (Å²) in [5, 5.41) is 3.99. The molecule has 7 heteroatoms. The maximum Gasteiger partial charge on any atom is 0.245 e. The van der Waals surface area contributed by atoms with Gasteiger partial charge in [0.25, 0.3) is 0 Å². The third kappa shape index (κ3) is 4.68. The highest BCUT2D eigenvalue weighted by molar-refractivity contribution is 6.00. The number of nitrogens with one attached hydrogen (secondary N) is 1. The highest BCUT2D eigenvalue weighted by atomic mass is 16.5. The Bertz CT molecular complexity index is 864. The first-order valence-corrected chi connectivity index (χ1v) is 9.11. The first kappa shape index (κ1) is 19.4. The summed E-state index contributed by atoms with van der Waals surface area (Å²) in [5.41, 5.74) is 4.08. The molecule has 2 amide bonds. The number of carbonyl (C=O) groups excluding carboxylic acids is 2. The number of hydrogen-bond donors (Lipinski definition) is 1. The molecule has 1 aliphatic heterocycles. The monoisotopic (exact) mass is 381 g/mol. The summed E-state index contributed by atoms with van der Waals surface area (Å²) < 4.78 is 10.6. The number of hydrogen-bond acceptors (Lipinski definition) is 5. The van der Waals surface area contributed by atoms with Gasteiger partial charge in [0.15, 0.2) is 0 Å². The molecule has 0 bridgehead atoms. The van der Waals surface area contributed by atoms with Crippen molar-refractivity contribution in [2.24, 2.45) is 11.0 Å². The molecule has 0 spiro atoms. The second-order valence-corrected chi connectivity index (χ2v) is 6.34. The van der Waals surface area contributed by atoms with Crippen molar-refractivity contribution in [2.45, 2.75) is 13.3 Å². The zero-order valence-corrected chi connectivity index (χ0v) is 15.9. The van der Waals surface area contributed by atoms with Crippen LogP contribution in [0.3, 0.4) is 0 Å². The zero-order valence-electron chi connectivity index (χ0n) is 15.9. The van der Waals surface area contributed by atoms with E-state index in [0.717, 1.165) is 17.0 Å². The van der Waals surface area contributed by atoms with Crippen molar-refractivity contribution < 1.29 is 19.1 Å². The molecule has 28 heavy (non-hydrogen) atoms. The number of ether oxygens (including phenoxy) is 2. The summed E-state index contributed by atoms with van der Waals surface area (Å²) in [4.78, 5) is 26.3. The average molecular weight is 381 g/mol. The molecule has 146 valence electrons. The van der Waals surface area contributed by atoms with Gasteiger partial charge < -0.3 is 14.4 Å². The number of anilines is 1. The van der Waals surface area contributed by atoms with Crippen LogP contribution in [0.15, 0.2) is 53.6 Å². The number of methoxy groups -OCH3 is 1.